The van der Waals surface area contributed by atoms with Crippen molar-refractivity contribution in [2.45, 2.75) is 24.6 Å². The third-order valence-electron chi connectivity index (χ3n) is 6.42. The fraction of sp³-hybridized carbons (Fsp3) is 0.172. The van der Waals surface area contributed by atoms with Gasteiger partial charge in [0.25, 0.3) is 0 Å². The summed E-state index contributed by atoms with van der Waals surface area (Å²) in [5.41, 5.74) is 0.649. The Balaban J connectivity index is 1.34. The van der Waals surface area contributed by atoms with E-state index < -0.39 is 48.7 Å². The number of aliphatic hydroxyl groups is 2. The molecule has 4 aromatic rings. The molecule has 4 atom stereocenters. The molecule has 5 rings (SSSR count). The molecule has 0 aliphatic carbocycles. The Labute approximate surface area is 236 Å². The number of rotatable bonds is 7. The summed E-state index contributed by atoms with van der Waals surface area (Å²) in [4.78, 5) is 12.2. The van der Waals surface area contributed by atoms with Crippen molar-refractivity contribution in [1.82, 2.24) is 0 Å². The average molecular weight is 582 g/mol. The highest BCUT2D eigenvalue weighted by Crippen LogP contribution is 2.42. The minimum Gasteiger partial charge on any atom is -0.507 e. The van der Waals surface area contributed by atoms with Gasteiger partial charge in [-0.3, -0.25) is 0 Å². The largest absolute Gasteiger partial charge is 0.507 e. The number of fused-ring (bicyclic) bond motifs is 1. The van der Waals surface area contributed by atoms with Crippen molar-refractivity contribution in [2.24, 2.45) is 0 Å². The molecule has 42 heavy (non-hydrogen) atoms. The molecule has 1 saturated heterocycles. The van der Waals surface area contributed by atoms with Crippen LogP contribution in [0.25, 0.3) is 28.4 Å². The molecule has 0 saturated carbocycles. The molecule has 1 fully saturated rings. The summed E-state index contributed by atoms with van der Waals surface area (Å²) in [7, 11) is 0. The van der Waals surface area contributed by atoms with Crippen LogP contribution in [0.3, 0.4) is 0 Å². The van der Waals surface area contributed by atoms with Crippen molar-refractivity contribution in [2.75, 3.05) is 6.61 Å². The SMILES string of the molecule is O=C(/C=C/c1ccc(O)c(O)c1)OCC1OC(Oc2cc3c(O)cc(O)cc3[o+]c2-c2ccc(O)c(O)c2)C(O)C1O. The zero-order valence-electron chi connectivity index (χ0n) is 21.5. The number of aromatic hydroxyl groups is 6. The first-order valence-corrected chi connectivity index (χ1v) is 12.4. The monoisotopic (exact) mass is 581 g/mol. The van der Waals surface area contributed by atoms with E-state index in [4.69, 9.17) is 18.6 Å². The van der Waals surface area contributed by atoms with Gasteiger partial charge in [0.2, 0.25) is 12.0 Å². The van der Waals surface area contributed by atoms with Gasteiger partial charge < -0.3 is 55.1 Å². The molecule has 1 aromatic heterocycles. The molecule has 2 heterocycles. The van der Waals surface area contributed by atoms with Crippen LogP contribution in [-0.2, 0) is 14.3 Å². The summed E-state index contributed by atoms with van der Waals surface area (Å²) in [5.74, 6) is -3.18. The van der Waals surface area contributed by atoms with Crippen LogP contribution in [0.2, 0.25) is 0 Å². The number of benzene rings is 3. The summed E-state index contributed by atoms with van der Waals surface area (Å²) in [6.07, 6.45) is -3.48. The Kier molecular flexibility index (Phi) is 7.63. The first-order valence-electron chi connectivity index (χ1n) is 12.4. The van der Waals surface area contributed by atoms with E-state index in [0.717, 1.165) is 12.1 Å². The fourth-order valence-corrected chi connectivity index (χ4v) is 4.23. The van der Waals surface area contributed by atoms with Crippen molar-refractivity contribution in [3.05, 3.63) is 66.2 Å². The van der Waals surface area contributed by atoms with Crippen LogP contribution in [0.5, 0.6) is 40.2 Å². The van der Waals surface area contributed by atoms with Crippen LogP contribution in [0, 0.1) is 0 Å². The normalized spacial score (nSPS) is 20.2. The summed E-state index contributed by atoms with van der Waals surface area (Å²) >= 11 is 0. The molecule has 0 bridgehead atoms. The van der Waals surface area contributed by atoms with Gasteiger partial charge in [-0.05, 0) is 35.9 Å². The average Bonchev–Trinajstić information content (AvgIpc) is 3.21. The molecule has 3 aromatic carbocycles. The number of carbonyl (C=O) groups excluding carboxylic acids is 1. The summed E-state index contributed by atoms with van der Waals surface area (Å²) in [5, 5.41) is 80.1. The van der Waals surface area contributed by atoms with Crippen molar-refractivity contribution in [3.63, 3.8) is 0 Å². The van der Waals surface area contributed by atoms with E-state index in [1.54, 1.807) is 0 Å². The Morgan fingerprint density at radius 1 is 0.833 bits per heavy atom. The highest BCUT2D eigenvalue weighted by atomic mass is 16.7. The second-order valence-corrected chi connectivity index (χ2v) is 9.37. The molecule has 218 valence electrons. The van der Waals surface area contributed by atoms with Gasteiger partial charge in [-0.1, -0.05) is 6.07 Å². The summed E-state index contributed by atoms with van der Waals surface area (Å²) < 4.78 is 22.4. The zero-order valence-corrected chi connectivity index (χ0v) is 21.5. The van der Waals surface area contributed by atoms with Gasteiger partial charge in [0.1, 0.15) is 41.8 Å². The number of hydrogen-bond donors (Lipinski definition) is 8. The van der Waals surface area contributed by atoms with E-state index in [1.165, 1.54) is 54.6 Å². The Hall–Kier alpha value is -5.24. The second kappa shape index (κ2) is 11.3. The van der Waals surface area contributed by atoms with E-state index >= 15 is 0 Å². The van der Waals surface area contributed by atoms with Crippen LogP contribution in [-0.4, -0.2) is 78.0 Å². The molecule has 1 aliphatic rings. The maximum absolute atomic E-state index is 12.2. The standard InChI is InChI=1S/C29H24O13/c30-15-9-19(33)16-11-23(28(40-22(16)10-15)14-3-5-18(32)21(35)8-14)41-29-27(38)26(37)24(42-29)12-39-25(36)6-2-13-1-4-17(31)20(34)7-13/h1-11,24,26-27,29,37-38H,12H2,(H5-,30,31,32,33,34,35,36)/p+1. The predicted octanol–water partition coefficient (Wildman–Crippen LogP) is 2.70. The lowest BCUT2D eigenvalue weighted by Crippen LogP contribution is -2.36. The van der Waals surface area contributed by atoms with Gasteiger partial charge in [-0.25, -0.2) is 9.21 Å². The van der Waals surface area contributed by atoms with Crippen LogP contribution in [0.1, 0.15) is 5.56 Å². The maximum atomic E-state index is 12.2. The topological polar surface area (TPSA) is 218 Å². The van der Waals surface area contributed by atoms with Crippen LogP contribution >= 0.6 is 0 Å². The zero-order chi connectivity index (χ0) is 30.1. The Morgan fingerprint density at radius 2 is 1.55 bits per heavy atom. The molecule has 0 radical (unpaired) electrons. The lowest BCUT2D eigenvalue weighted by atomic mass is 10.1. The first kappa shape index (κ1) is 28.3. The van der Waals surface area contributed by atoms with Crippen molar-refractivity contribution in [1.29, 1.82) is 0 Å². The molecule has 13 heteroatoms. The molecule has 0 amide bonds. The summed E-state index contributed by atoms with van der Waals surface area (Å²) in [6.45, 7) is -0.469. The molecule has 0 spiro atoms. The van der Waals surface area contributed by atoms with E-state index in [9.17, 15) is 45.6 Å². The van der Waals surface area contributed by atoms with E-state index in [-0.39, 0.29) is 51.0 Å². The Bertz CT molecular complexity index is 1680. The van der Waals surface area contributed by atoms with Gasteiger partial charge >= 0.3 is 17.3 Å². The number of hydrogen-bond acceptors (Lipinski definition) is 12. The number of esters is 1. The minimum atomic E-state index is -1.62. The fourth-order valence-electron chi connectivity index (χ4n) is 4.23. The lowest BCUT2D eigenvalue weighted by molar-refractivity contribution is -0.149. The molecule has 1 aliphatic heterocycles. The predicted molar refractivity (Wildman–Crippen MR) is 144 cm³/mol. The second-order valence-electron chi connectivity index (χ2n) is 9.37. The van der Waals surface area contributed by atoms with Crippen molar-refractivity contribution < 1.29 is 64.3 Å². The lowest BCUT2D eigenvalue weighted by Gasteiger charge is -2.16. The van der Waals surface area contributed by atoms with Crippen LogP contribution < -0.4 is 4.74 Å². The Morgan fingerprint density at radius 3 is 2.26 bits per heavy atom. The molecule has 13 nitrogen and oxygen atoms in total. The minimum absolute atomic E-state index is 0.0377. The molecular formula is C29H25O13+. The molecule has 8 N–H and O–H groups in total. The molecular weight excluding hydrogens is 556 g/mol. The number of carbonyl (C=O) groups is 1. The quantitative estimate of drug-likeness (QED) is 0.0682. The van der Waals surface area contributed by atoms with Gasteiger partial charge in [0, 0.05) is 24.3 Å². The molecule has 4 unspecified atom stereocenters. The van der Waals surface area contributed by atoms with Crippen LogP contribution in [0.4, 0.5) is 0 Å². The van der Waals surface area contributed by atoms with Gasteiger partial charge in [0.15, 0.2) is 23.0 Å². The number of phenols is 6. The van der Waals surface area contributed by atoms with Crippen molar-refractivity contribution >= 4 is 23.0 Å². The van der Waals surface area contributed by atoms with Gasteiger partial charge in [0.05, 0.1) is 11.6 Å². The van der Waals surface area contributed by atoms with Crippen molar-refractivity contribution in [3.8, 4) is 51.6 Å². The number of ether oxygens (including phenoxy) is 3. The summed E-state index contributed by atoms with van der Waals surface area (Å²) in [6, 6.07) is 11.3. The third kappa shape index (κ3) is 5.78. The van der Waals surface area contributed by atoms with Crippen LogP contribution in [0.15, 0.2) is 65.1 Å². The van der Waals surface area contributed by atoms with E-state index in [1.807, 2.05) is 0 Å². The number of phenolic OH excluding ortho intramolecular Hbond substituents is 6. The highest BCUT2D eigenvalue weighted by Gasteiger charge is 2.46. The third-order valence-corrected chi connectivity index (χ3v) is 6.42. The smallest absolute Gasteiger partial charge is 0.402 e. The van der Waals surface area contributed by atoms with E-state index in [2.05, 4.69) is 0 Å². The highest BCUT2D eigenvalue weighted by molar-refractivity contribution is 5.89. The maximum Gasteiger partial charge on any atom is 0.402 e. The number of aliphatic hydroxyl groups excluding tert-OH is 2. The van der Waals surface area contributed by atoms with E-state index in [0.29, 0.717) is 5.56 Å². The van der Waals surface area contributed by atoms with Gasteiger partial charge in [-0.15, -0.1) is 0 Å². The van der Waals surface area contributed by atoms with Gasteiger partial charge in [-0.2, -0.15) is 0 Å². The first-order chi connectivity index (χ1) is 20.0.